The summed E-state index contributed by atoms with van der Waals surface area (Å²) in [5.41, 5.74) is 0.876. The van der Waals surface area contributed by atoms with Gasteiger partial charge in [-0.3, -0.25) is 9.59 Å². The monoisotopic (exact) mass is 346 g/mol. The maximum absolute atomic E-state index is 13.0. The molecule has 2 N–H and O–H groups in total. The van der Waals surface area contributed by atoms with Crippen molar-refractivity contribution in [3.05, 3.63) is 29.8 Å². The molecule has 1 heterocycles. The Morgan fingerprint density at radius 2 is 1.96 bits per heavy atom. The van der Waals surface area contributed by atoms with Crippen LogP contribution in [-0.4, -0.2) is 53.2 Å². The van der Waals surface area contributed by atoms with Crippen LogP contribution in [0, 0.1) is 0 Å². The molecular weight excluding hydrogens is 320 g/mol. The van der Waals surface area contributed by atoms with Crippen LogP contribution < -0.4 is 5.32 Å². The van der Waals surface area contributed by atoms with Crippen molar-refractivity contribution in [3.63, 3.8) is 0 Å². The molecule has 1 aliphatic carbocycles. The van der Waals surface area contributed by atoms with E-state index in [0.717, 1.165) is 24.8 Å². The highest BCUT2D eigenvalue weighted by molar-refractivity contribution is 5.87. The highest BCUT2D eigenvalue weighted by Gasteiger charge is 2.40. The second-order valence-electron chi connectivity index (χ2n) is 7.08. The Labute approximate surface area is 148 Å². The number of hydrogen-bond donors (Lipinski definition) is 2. The Bertz CT molecular complexity index is 625. The first-order valence-electron chi connectivity index (χ1n) is 8.95. The third-order valence-corrected chi connectivity index (χ3v) is 5.24. The van der Waals surface area contributed by atoms with Gasteiger partial charge in [-0.1, -0.05) is 12.1 Å². The summed E-state index contributed by atoms with van der Waals surface area (Å²) < 4.78 is 5.99. The van der Waals surface area contributed by atoms with Crippen LogP contribution in [0.2, 0.25) is 0 Å². The van der Waals surface area contributed by atoms with E-state index in [1.165, 1.54) is 13.3 Å². The Hall–Kier alpha value is -2.08. The maximum atomic E-state index is 13.0. The van der Waals surface area contributed by atoms with E-state index in [1.54, 1.807) is 24.3 Å². The minimum Gasteiger partial charge on any atom is -0.508 e. The van der Waals surface area contributed by atoms with Gasteiger partial charge in [0.15, 0.2) is 0 Å². The number of phenolic OH excluding ortho intramolecular Hbond substituents is 1. The number of ether oxygens (including phenoxy) is 1. The lowest BCUT2D eigenvalue weighted by molar-refractivity contribution is -0.136. The van der Waals surface area contributed by atoms with E-state index in [-0.39, 0.29) is 23.2 Å². The first-order valence-corrected chi connectivity index (χ1v) is 8.95. The summed E-state index contributed by atoms with van der Waals surface area (Å²) in [5, 5.41) is 12.2. The number of carbonyl (C=O) groups is 2. The van der Waals surface area contributed by atoms with Crippen molar-refractivity contribution in [1.29, 1.82) is 0 Å². The summed E-state index contributed by atoms with van der Waals surface area (Å²) in [4.78, 5) is 26.4. The highest BCUT2D eigenvalue weighted by atomic mass is 16.5. The van der Waals surface area contributed by atoms with Crippen molar-refractivity contribution >= 4 is 11.8 Å². The fourth-order valence-corrected chi connectivity index (χ4v) is 3.61. The first-order chi connectivity index (χ1) is 12.0. The molecule has 1 saturated carbocycles. The molecule has 1 saturated heterocycles. The minimum atomic E-state index is -0.600. The predicted octanol–water partition coefficient (Wildman–Crippen LogP) is 1.61. The number of hydrogen-bond acceptors (Lipinski definition) is 4. The van der Waals surface area contributed by atoms with Crippen LogP contribution >= 0.6 is 0 Å². The highest BCUT2D eigenvalue weighted by Crippen LogP contribution is 2.39. The van der Waals surface area contributed by atoms with Crippen molar-refractivity contribution < 1.29 is 19.4 Å². The van der Waals surface area contributed by atoms with Gasteiger partial charge >= 0.3 is 0 Å². The Balaban J connectivity index is 1.67. The molecule has 0 bridgehead atoms. The van der Waals surface area contributed by atoms with Crippen molar-refractivity contribution in [2.75, 3.05) is 19.7 Å². The predicted molar refractivity (Wildman–Crippen MR) is 93.1 cm³/mol. The Kier molecular flexibility index (Phi) is 5.27. The van der Waals surface area contributed by atoms with E-state index in [2.05, 4.69) is 5.32 Å². The molecule has 1 aromatic carbocycles. The van der Waals surface area contributed by atoms with Gasteiger partial charge in [0.25, 0.3) is 0 Å². The zero-order valence-electron chi connectivity index (χ0n) is 14.7. The zero-order chi connectivity index (χ0) is 17.9. The van der Waals surface area contributed by atoms with Gasteiger partial charge in [0.05, 0.1) is 12.2 Å². The summed E-state index contributed by atoms with van der Waals surface area (Å²) >= 11 is 0. The van der Waals surface area contributed by atoms with Crippen molar-refractivity contribution in [1.82, 2.24) is 10.2 Å². The average Bonchev–Trinajstić information content (AvgIpc) is 2.78. The lowest BCUT2D eigenvalue weighted by Gasteiger charge is -2.40. The summed E-state index contributed by atoms with van der Waals surface area (Å²) in [5.74, 6) is -0.108. The molecule has 2 aliphatic rings. The minimum absolute atomic E-state index is 0.0184. The number of benzene rings is 1. The Morgan fingerprint density at radius 3 is 2.56 bits per heavy atom. The van der Waals surface area contributed by atoms with E-state index in [4.69, 9.17) is 4.74 Å². The lowest BCUT2D eigenvalue weighted by Crippen LogP contribution is -2.50. The fourth-order valence-electron chi connectivity index (χ4n) is 3.61. The Morgan fingerprint density at radius 1 is 1.24 bits per heavy atom. The first kappa shape index (κ1) is 17.7. The third kappa shape index (κ3) is 4.31. The van der Waals surface area contributed by atoms with E-state index in [0.29, 0.717) is 26.1 Å². The molecule has 1 aromatic rings. The van der Waals surface area contributed by atoms with Gasteiger partial charge in [-0.15, -0.1) is 0 Å². The number of phenols is 1. The molecule has 3 rings (SSSR count). The van der Waals surface area contributed by atoms with Gasteiger partial charge in [0.1, 0.15) is 11.8 Å². The molecule has 0 radical (unpaired) electrons. The molecule has 2 amide bonds. The summed E-state index contributed by atoms with van der Waals surface area (Å²) in [6, 6.07) is 6.12. The molecule has 1 aliphatic heterocycles. The van der Waals surface area contributed by atoms with Gasteiger partial charge in [0.2, 0.25) is 11.8 Å². The number of aromatic hydroxyl groups is 1. The second-order valence-corrected chi connectivity index (χ2v) is 7.08. The van der Waals surface area contributed by atoms with Crippen LogP contribution in [0.1, 0.15) is 38.2 Å². The van der Waals surface area contributed by atoms with Gasteiger partial charge in [-0.05, 0) is 43.4 Å². The summed E-state index contributed by atoms with van der Waals surface area (Å²) in [6.45, 7) is 3.21. The zero-order valence-corrected chi connectivity index (χ0v) is 14.7. The molecule has 1 spiro atoms. The average molecular weight is 346 g/mol. The van der Waals surface area contributed by atoms with Gasteiger partial charge in [-0.2, -0.15) is 0 Å². The van der Waals surface area contributed by atoms with Crippen LogP contribution in [0.5, 0.6) is 5.75 Å². The van der Waals surface area contributed by atoms with Crippen LogP contribution in [0.15, 0.2) is 24.3 Å². The van der Waals surface area contributed by atoms with Crippen molar-refractivity contribution in [2.45, 2.75) is 50.7 Å². The largest absolute Gasteiger partial charge is 0.508 e. The quantitative estimate of drug-likeness (QED) is 0.868. The summed E-state index contributed by atoms with van der Waals surface area (Å²) in [7, 11) is 0. The van der Waals surface area contributed by atoms with Gasteiger partial charge in [-0.25, -0.2) is 0 Å². The van der Waals surface area contributed by atoms with Crippen molar-refractivity contribution in [2.24, 2.45) is 0 Å². The van der Waals surface area contributed by atoms with Crippen LogP contribution in [0.3, 0.4) is 0 Å². The van der Waals surface area contributed by atoms with Crippen LogP contribution in [0.4, 0.5) is 0 Å². The molecular formula is C19H26N2O4. The SMILES string of the molecule is CC(=O)N[C@@H](Cc1ccc(O)cc1)C(=O)N1CCOC2(CCC2)CC1. The molecule has 0 unspecified atom stereocenters. The molecule has 136 valence electrons. The summed E-state index contributed by atoms with van der Waals surface area (Å²) in [6.07, 6.45) is 4.63. The molecule has 6 heteroatoms. The molecule has 1 atom stereocenters. The smallest absolute Gasteiger partial charge is 0.245 e. The topological polar surface area (TPSA) is 78.9 Å². The molecule has 0 aromatic heterocycles. The van der Waals surface area contributed by atoms with E-state index >= 15 is 0 Å². The van der Waals surface area contributed by atoms with Crippen LogP contribution in [0.25, 0.3) is 0 Å². The van der Waals surface area contributed by atoms with Gasteiger partial charge < -0.3 is 20.1 Å². The standard InChI is InChI=1S/C19H26N2O4/c1-14(22)20-17(13-15-3-5-16(23)6-4-15)18(24)21-10-9-19(7-2-8-19)25-12-11-21/h3-6,17,23H,2,7-13H2,1H3,(H,20,22)/t17-/m0/s1. The van der Waals surface area contributed by atoms with E-state index < -0.39 is 6.04 Å². The lowest BCUT2D eigenvalue weighted by atomic mass is 9.77. The molecule has 6 nitrogen and oxygen atoms in total. The van der Waals surface area contributed by atoms with E-state index in [1.807, 2.05) is 4.90 Å². The molecule has 2 fully saturated rings. The maximum Gasteiger partial charge on any atom is 0.245 e. The third-order valence-electron chi connectivity index (χ3n) is 5.24. The van der Waals surface area contributed by atoms with Crippen molar-refractivity contribution in [3.8, 4) is 5.75 Å². The van der Waals surface area contributed by atoms with Gasteiger partial charge in [0, 0.05) is 26.4 Å². The van der Waals surface area contributed by atoms with E-state index in [9.17, 15) is 14.7 Å². The number of nitrogens with zero attached hydrogens (tertiary/aromatic N) is 1. The number of nitrogens with one attached hydrogen (secondary N) is 1. The van der Waals surface area contributed by atoms with Crippen LogP contribution in [-0.2, 0) is 20.7 Å². The normalized spacial score (nSPS) is 20.4. The number of carbonyl (C=O) groups excluding carboxylic acids is 2. The number of rotatable bonds is 4. The molecule has 25 heavy (non-hydrogen) atoms. The second kappa shape index (κ2) is 7.44. The fraction of sp³-hybridized carbons (Fsp3) is 0.579. The number of amides is 2.